The summed E-state index contributed by atoms with van der Waals surface area (Å²) < 4.78 is 9.83. The van der Waals surface area contributed by atoms with Crippen LogP contribution in [-0.4, -0.2) is 65.9 Å². The summed E-state index contributed by atoms with van der Waals surface area (Å²) in [6.07, 6.45) is 0.954. The smallest absolute Gasteiger partial charge is 0.410 e. The summed E-state index contributed by atoms with van der Waals surface area (Å²) in [7, 11) is 1.31. The number of nitrogens with one attached hydrogen (secondary N) is 1. The largest absolute Gasteiger partial charge is 0.467 e. The fourth-order valence-corrected chi connectivity index (χ4v) is 3.88. The van der Waals surface area contributed by atoms with E-state index in [2.05, 4.69) is 10.2 Å². The van der Waals surface area contributed by atoms with Crippen LogP contribution >= 0.6 is 23.8 Å². The van der Waals surface area contributed by atoms with Crippen molar-refractivity contribution in [3.05, 3.63) is 34.9 Å². The van der Waals surface area contributed by atoms with Gasteiger partial charge in [0.1, 0.15) is 6.61 Å². The Bertz CT molecular complexity index is 724. The van der Waals surface area contributed by atoms with Crippen molar-refractivity contribution in [2.45, 2.75) is 31.5 Å². The Hall–Kier alpha value is -2.06. The van der Waals surface area contributed by atoms with Gasteiger partial charge in [-0.05, 0) is 36.7 Å². The number of benzene rings is 1. The topological polar surface area (TPSA) is 71.1 Å². The molecule has 0 spiro atoms. The molecule has 3 rings (SSSR count). The quantitative estimate of drug-likeness (QED) is 0.601. The maximum absolute atomic E-state index is 12.0. The Morgan fingerprint density at radius 3 is 2.74 bits per heavy atom. The summed E-state index contributed by atoms with van der Waals surface area (Å²) in [5.74, 6) is -0.444. The number of cyclic esters (lactones) is 1. The first-order valence-electron chi connectivity index (χ1n) is 8.80. The third kappa shape index (κ3) is 4.44. The van der Waals surface area contributed by atoms with Crippen molar-refractivity contribution < 1.29 is 19.1 Å². The number of carbonyl (C=O) groups is 2. The zero-order valence-corrected chi connectivity index (χ0v) is 16.6. The van der Waals surface area contributed by atoms with Crippen LogP contribution in [0, 0.1) is 0 Å². The second-order valence-electron chi connectivity index (χ2n) is 6.49. The van der Waals surface area contributed by atoms with Crippen LogP contribution < -0.4 is 5.32 Å². The number of methoxy groups -OCH3 is 1. The minimum atomic E-state index is -0.663. The SMILES string of the molecule is COC(=O)C1COC(=O)N1C1CCN(C(=S)NCc2ccccc2Cl)CC1. The summed E-state index contributed by atoms with van der Waals surface area (Å²) in [4.78, 5) is 27.5. The Morgan fingerprint density at radius 2 is 2.07 bits per heavy atom. The molecular weight excluding hydrogens is 390 g/mol. The Labute approximate surface area is 168 Å². The third-order valence-electron chi connectivity index (χ3n) is 4.92. The van der Waals surface area contributed by atoms with Gasteiger partial charge in [0.2, 0.25) is 0 Å². The summed E-state index contributed by atoms with van der Waals surface area (Å²) in [5, 5.41) is 4.59. The lowest BCUT2D eigenvalue weighted by atomic mass is 10.0. The molecule has 1 unspecified atom stereocenters. The van der Waals surface area contributed by atoms with Crippen molar-refractivity contribution >= 4 is 41.0 Å². The lowest BCUT2D eigenvalue weighted by Crippen LogP contribution is -2.53. The highest BCUT2D eigenvalue weighted by molar-refractivity contribution is 7.80. The molecule has 1 aromatic rings. The fraction of sp³-hybridized carbons (Fsp3) is 0.500. The molecule has 1 amide bonds. The van der Waals surface area contributed by atoms with Gasteiger partial charge in [-0.3, -0.25) is 4.90 Å². The normalized spacial score (nSPS) is 20.4. The van der Waals surface area contributed by atoms with Crippen LogP contribution in [0.5, 0.6) is 0 Å². The minimum Gasteiger partial charge on any atom is -0.467 e. The standard InChI is InChI=1S/C18H22ClN3O4S/c1-25-16(23)15-11-26-18(24)22(15)13-6-8-21(9-7-13)17(27)20-10-12-4-2-3-5-14(12)19/h2-5,13,15H,6-11H2,1H3,(H,20,27). The van der Waals surface area contributed by atoms with Gasteiger partial charge in [-0.15, -0.1) is 0 Å². The number of ether oxygens (including phenoxy) is 2. The number of nitrogens with zero attached hydrogens (tertiary/aromatic N) is 2. The van der Waals surface area contributed by atoms with Crippen molar-refractivity contribution in [3.8, 4) is 0 Å². The van der Waals surface area contributed by atoms with Crippen molar-refractivity contribution in [1.29, 1.82) is 0 Å². The Balaban J connectivity index is 1.52. The van der Waals surface area contributed by atoms with E-state index in [1.54, 1.807) is 0 Å². The summed E-state index contributed by atoms with van der Waals surface area (Å²) in [6, 6.07) is 6.90. The second-order valence-corrected chi connectivity index (χ2v) is 7.29. The first-order chi connectivity index (χ1) is 13.0. The molecule has 0 aliphatic carbocycles. The van der Waals surface area contributed by atoms with E-state index in [1.165, 1.54) is 12.0 Å². The number of piperidine rings is 1. The molecule has 1 aromatic carbocycles. The van der Waals surface area contributed by atoms with E-state index in [-0.39, 0.29) is 12.6 Å². The molecular formula is C18H22ClN3O4S. The van der Waals surface area contributed by atoms with Gasteiger partial charge in [0.25, 0.3) is 0 Å². The number of carbonyl (C=O) groups excluding carboxylic acids is 2. The van der Waals surface area contributed by atoms with Gasteiger partial charge >= 0.3 is 12.1 Å². The highest BCUT2D eigenvalue weighted by Gasteiger charge is 2.43. The number of esters is 1. The summed E-state index contributed by atoms with van der Waals surface area (Å²) in [6.45, 7) is 1.98. The lowest BCUT2D eigenvalue weighted by Gasteiger charge is -2.38. The Kier molecular flexibility index (Phi) is 6.38. The molecule has 2 saturated heterocycles. The van der Waals surface area contributed by atoms with Gasteiger partial charge in [0.05, 0.1) is 7.11 Å². The van der Waals surface area contributed by atoms with E-state index >= 15 is 0 Å². The van der Waals surface area contributed by atoms with Crippen LogP contribution in [0.3, 0.4) is 0 Å². The molecule has 0 aromatic heterocycles. The highest BCUT2D eigenvalue weighted by Crippen LogP contribution is 2.24. The van der Waals surface area contributed by atoms with Crippen LogP contribution in [0.2, 0.25) is 5.02 Å². The van der Waals surface area contributed by atoms with E-state index in [0.717, 1.165) is 5.56 Å². The third-order valence-corrected chi connectivity index (χ3v) is 5.69. The number of halogens is 1. The summed E-state index contributed by atoms with van der Waals surface area (Å²) in [5.41, 5.74) is 0.983. The zero-order valence-electron chi connectivity index (χ0n) is 15.0. The van der Waals surface area contributed by atoms with Gasteiger partial charge in [-0.2, -0.15) is 0 Å². The molecule has 2 heterocycles. The predicted octanol–water partition coefficient (Wildman–Crippen LogP) is 2.17. The van der Waals surface area contributed by atoms with E-state index in [1.807, 2.05) is 24.3 Å². The van der Waals surface area contributed by atoms with E-state index in [9.17, 15) is 9.59 Å². The van der Waals surface area contributed by atoms with Crippen molar-refractivity contribution in [2.75, 3.05) is 26.8 Å². The average molecular weight is 412 g/mol. The predicted molar refractivity (Wildman–Crippen MR) is 104 cm³/mol. The fourth-order valence-electron chi connectivity index (χ4n) is 3.43. The molecule has 27 heavy (non-hydrogen) atoms. The first-order valence-corrected chi connectivity index (χ1v) is 9.59. The van der Waals surface area contributed by atoms with Crippen LogP contribution in [0.4, 0.5) is 4.79 Å². The molecule has 0 radical (unpaired) electrons. The first kappa shape index (κ1) is 19.7. The van der Waals surface area contributed by atoms with Crippen LogP contribution in [0.15, 0.2) is 24.3 Å². The second kappa shape index (κ2) is 8.75. The number of hydrogen-bond acceptors (Lipinski definition) is 5. The highest BCUT2D eigenvalue weighted by atomic mass is 35.5. The lowest BCUT2D eigenvalue weighted by molar-refractivity contribution is -0.145. The maximum Gasteiger partial charge on any atom is 0.410 e. The van der Waals surface area contributed by atoms with E-state index in [0.29, 0.717) is 42.6 Å². The van der Waals surface area contributed by atoms with Crippen LogP contribution in [0.1, 0.15) is 18.4 Å². The van der Waals surface area contributed by atoms with Crippen molar-refractivity contribution in [1.82, 2.24) is 15.1 Å². The number of likely N-dealkylation sites (tertiary alicyclic amines) is 1. The molecule has 1 atom stereocenters. The zero-order chi connectivity index (χ0) is 19.4. The number of hydrogen-bond donors (Lipinski definition) is 1. The average Bonchev–Trinajstić information content (AvgIpc) is 3.08. The number of thiocarbonyl (C=S) groups is 1. The van der Waals surface area contributed by atoms with Crippen LogP contribution in [0.25, 0.3) is 0 Å². The molecule has 2 aliphatic heterocycles. The van der Waals surface area contributed by atoms with Gasteiger partial charge < -0.3 is 19.7 Å². The van der Waals surface area contributed by atoms with Gasteiger partial charge in [0.15, 0.2) is 11.2 Å². The molecule has 1 N–H and O–H groups in total. The molecule has 9 heteroatoms. The molecule has 0 saturated carbocycles. The summed E-state index contributed by atoms with van der Waals surface area (Å²) >= 11 is 11.7. The molecule has 7 nitrogen and oxygen atoms in total. The minimum absolute atomic E-state index is 0.0452. The molecule has 2 aliphatic rings. The Morgan fingerprint density at radius 1 is 1.37 bits per heavy atom. The van der Waals surface area contributed by atoms with Gasteiger partial charge in [0, 0.05) is 30.7 Å². The monoisotopic (exact) mass is 411 g/mol. The molecule has 146 valence electrons. The molecule has 0 bridgehead atoms. The van der Waals surface area contributed by atoms with Gasteiger partial charge in [-0.25, -0.2) is 9.59 Å². The molecule has 2 fully saturated rings. The van der Waals surface area contributed by atoms with Crippen molar-refractivity contribution in [2.24, 2.45) is 0 Å². The van der Waals surface area contributed by atoms with E-state index in [4.69, 9.17) is 33.3 Å². The van der Waals surface area contributed by atoms with Gasteiger partial charge in [-0.1, -0.05) is 29.8 Å². The maximum atomic E-state index is 12.0. The van der Waals surface area contributed by atoms with E-state index < -0.39 is 18.1 Å². The van der Waals surface area contributed by atoms with Crippen LogP contribution in [-0.2, 0) is 20.8 Å². The number of rotatable bonds is 4. The number of amides is 1. The van der Waals surface area contributed by atoms with Crippen molar-refractivity contribution in [3.63, 3.8) is 0 Å².